The molecular formula is C31H44ClNO4. The van der Waals surface area contributed by atoms with E-state index in [-0.39, 0.29) is 35.3 Å². The SMILES string of the molecule is C[C@H](CCC(=O)O)[C@H]1CC[C@H]2[C@@H]3[C@@H](NC(=O)c4ccc(Cl)cc4)C[C@@H]4C[C@H](O)CC[C@]4(C)[C@H]3CC[C@]12C. The maximum absolute atomic E-state index is 13.4. The second-order valence-corrected chi connectivity index (χ2v) is 13.8. The molecule has 37 heavy (non-hydrogen) atoms. The molecule has 1 aromatic carbocycles. The zero-order valence-corrected chi connectivity index (χ0v) is 23.3. The molecule has 0 spiro atoms. The summed E-state index contributed by atoms with van der Waals surface area (Å²) in [6, 6.07) is 7.23. The van der Waals surface area contributed by atoms with Gasteiger partial charge in [0.25, 0.3) is 5.91 Å². The molecule has 0 saturated heterocycles. The highest BCUT2D eigenvalue weighted by atomic mass is 35.5. The summed E-state index contributed by atoms with van der Waals surface area (Å²) in [5.41, 5.74) is 1.03. The molecule has 5 rings (SSSR count). The average molecular weight is 530 g/mol. The first-order chi connectivity index (χ1) is 17.5. The summed E-state index contributed by atoms with van der Waals surface area (Å²) in [5.74, 6) is 2.10. The Morgan fingerprint density at radius 2 is 1.70 bits per heavy atom. The van der Waals surface area contributed by atoms with Gasteiger partial charge in [0.2, 0.25) is 0 Å². The molecule has 0 aromatic heterocycles. The van der Waals surface area contributed by atoms with Crippen molar-refractivity contribution in [1.29, 1.82) is 0 Å². The minimum atomic E-state index is -0.703. The summed E-state index contributed by atoms with van der Waals surface area (Å²) in [5, 5.41) is 24.0. The third kappa shape index (κ3) is 4.84. The Balaban J connectivity index is 1.44. The molecule has 4 aliphatic carbocycles. The maximum Gasteiger partial charge on any atom is 0.303 e. The van der Waals surface area contributed by atoms with Gasteiger partial charge in [0.15, 0.2) is 0 Å². The Labute approximate surface area is 226 Å². The minimum absolute atomic E-state index is 0.0305. The highest BCUT2D eigenvalue weighted by molar-refractivity contribution is 6.30. The van der Waals surface area contributed by atoms with E-state index in [9.17, 15) is 19.8 Å². The minimum Gasteiger partial charge on any atom is -0.481 e. The van der Waals surface area contributed by atoms with Crippen LogP contribution in [0.15, 0.2) is 24.3 Å². The number of halogens is 1. The lowest BCUT2D eigenvalue weighted by Crippen LogP contribution is -2.62. The van der Waals surface area contributed by atoms with Gasteiger partial charge < -0.3 is 15.5 Å². The normalized spacial score (nSPS) is 41.7. The van der Waals surface area contributed by atoms with E-state index in [2.05, 4.69) is 26.1 Å². The summed E-state index contributed by atoms with van der Waals surface area (Å²) >= 11 is 6.07. The smallest absolute Gasteiger partial charge is 0.303 e. The lowest BCUT2D eigenvalue weighted by atomic mass is 9.43. The number of carbonyl (C=O) groups excluding carboxylic acids is 1. The molecule has 0 bridgehead atoms. The van der Waals surface area contributed by atoms with Crippen molar-refractivity contribution in [2.75, 3.05) is 0 Å². The van der Waals surface area contributed by atoms with E-state index >= 15 is 0 Å². The average Bonchev–Trinajstić information content (AvgIpc) is 3.21. The van der Waals surface area contributed by atoms with Crippen LogP contribution in [-0.2, 0) is 4.79 Å². The fourth-order valence-corrected chi connectivity index (χ4v) is 9.90. The predicted molar refractivity (Wildman–Crippen MR) is 145 cm³/mol. The summed E-state index contributed by atoms with van der Waals surface area (Å²) in [7, 11) is 0. The van der Waals surface area contributed by atoms with Crippen LogP contribution in [0.4, 0.5) is 0 Å². The number of hydrogen-bond donors (Lipinski definition) is 3. The van der Waals surface area contributed by atoms with Crippen molar-refractivity contribution in [2.24, 2.45) is 46.3 Å². The monoisotopic (exact) mass is 529 g/mol. The standard InChI is InChI=1S/C31H44ClNO4/c1-18(4-11-27(35)36)23-9-10-24-28-25(13-15-31(23,24)3)30(2)14-12-22(34)16-20(30)17-26(28)33-29(37)19-5-7-21(32)8-6-19/h5-8,18,20,22-26,28,34H,4,9-17H2,1-3H3,(H,33,37)(H,35,36)/t18-,20+,22-,23-,24+,25+,26+,28+,30+,31-/m1/s1. The Morgan fingerprint density at radius 1 is 1.03 bits per heavy atom. The van der Waals surface area contributed by atoms with Gasteiger partial charge in [-0.3, -0.25) is 9.59 Å². The van der Waals surface area contributed by atoms with Gasteiger partial charge in [0.05, 0.1) is 6.10 Å². The fraction of sp³-hybridized carbons (Fsp3) is 0.742. The van der Waals surface area contributed by atoms with E-state index in [0.717, 1.165) is 51.4 Å². The molecule has 3 N–H and O–H groups in total. The molecule has 4 saturated carbocycles. The zero-order valence-electron chi connectivity index (χ0n) is 22.6. The first kappa shape index (κ1) is 27.0. The van der Waals surface area contributed by atoms with Crippen molar-refractivity contribution in [3.63, 3.8) is 0 Å². The van der Waals surface area contributed by atoms with Gasteiger partial charge in [0, 0.05) is 23.0 Å². The number of amides is 1. The van der Waals surface area contributed by atoms with Crippen LogP contribution in [-0.4, -0.2) is 34.2 Å². The number of rotatable bonds is 6. The lowest BCUT2D eigenvalue weighted by Gasteiger charge is -2.63. The third-order valence-electron chi connectivity index (χ3n) is 11.7. The van der Waals surface area contributed by atoms with Crippen molar-refractivity contribution in [1.82, 2.24) is 5.32 Å². The zero-order chi connectivity index (χ0) is 26.5. The first-order valence-corrected chi connectivity index (χ1v) is 14.9. The molecule has 10 atom stereocenters. The van der Waals surface area contributed by atoms with Crippen LogP contribution in [0.2, 0.25) is 5.02 Å². The van der Waals surface area contributed by atoms with Gasteiger partial charge in [-0.1, -0.05) is 32.4 Å². The van der Waals surface area contributed by atoms with Gasteiger partial charge in [0.1, 0.15) is 0 Å². The fourth-order valence-electron chi connectivity index (χ4n) is 9.78. The van der Waals surface area contributed by atoms with Crippen LogP contribution in [0.25, 0.3) is 0 Å². The Kier molecular flexibility index (Phi) is 7.43. The van der Waals surface area contributed by atoms with Crippen molar-refractivity contribution < 1.29 is 19.8 Å². The van der Waals surface area contributed by atoms with Crippen molar-refractivity contribution in [2.45, 2.75) is 97.1 Å². The van der Waals surface area contributed by atoms with Crippen molar-refractivity contribution >= 4 is 23.5 Å². The van der Waals surface area contributed by atoms with Gasteiger partial charge in [-0.05, 0) is 128 Å². The molecule has 5 nitrogen and oxygen atoms in total. The van der Waals surface area contributed by atoms with Crippen LogP contribution < -0.4 is 5.32 Å². The highest BCUT2D eigenvalue weighted by Crippen LogP contribution is 2.68. The molecule has 1 amide bonds. The number of carboxylic acid groups (broad SMARTS) is 1. The van der Waals surface area contributed by atoms with Gasteiger partial charge >= 0.3 is 5.97 Å². The molecule has 4 aliphatic rings. The van der Waals surface area contributed by atoms with E-state index in [1.807, 2.05) is 0 Å². The van der Waals surface area contributed by atoms with Crippen molar-refractivity contribution in [3.05, 3.63) is 34.9 Å². The molecule has 204 valence electrons. The van der Waals surface area contributed by atoms with Crippen LogP contribution in [0, 0.1) is 46.3 Å². The Morgan fingerprint density at radius 3 is 2.41 bits per heavy atom. The summed E-state index contributed by atoms with van der Waals surface area (Å²) in [6.07, 6.45) is 9.13. The van der Waals surface area contributed by atoms with E-state index < -0.39 is 5.97 Å². The van der Waals surface area contributed by atoms with E-state index in [4.69, 9.17) is 11.6 Å². The van der Waals surface area contributed by atoms with E-state index in [1.165, 1.54) is 6.42 Å². The van der Waals surface area contributed by atoms with Gasteiger partial charge in [-0.2, -0.15) is 0 Å². The van der Waals surface area contributed by atoms with Crippen molar-refractivity contribution in [3.8, 4) is 0 Å². The van der Waals surface area contributed by atoms with Crippen LogP contribution in [0.3, 0.4) is 0 Å². The Hall–Kier alpha value is -1.59. The molecule has 4 fully saturated rings. The molecule has 0 radical (unpaired) electrons. The number of benzene rings is 1. The number of carboxylic acids is 1. The molecule has 0 aliphatic heterocycles. The first-order valence-electron chi connectivity index (χ1n) is 14.5. The lowest BCUT2D eigenvalue weighted by molar-refractivity contribution is -0.141. The predicted octanol–water partition coefficient (Wildman–Crippen LogP) is 6.57. The molecule has 6 heteroatoms. The number of aliphatic hydroxyl groups excluding tert-OH is 1. The van der Waals surface area contributed by atoms with E-state index in [1.54, 1.807) is 24.3 Å². The van der Waals surface area contributed by atoms with Crippen LogP contribution >= 0.6 is 11.6 Å². The topological polar surface area (TPSA) is 86.6 Å². The quantitative estimate of drug-likeness (QED) is 0.389. The summed E-state index contributed by atoms with van der Waals surface area (Å²) in [6.45, 7) is 7.21. The summed E-state index contributed by atoms with van der Waals surface area (Å²) in [4.78, 5) is 24.7. The number of carbonyl (C=O) groups is 2. The molecular weight excluding hydrogens is 486 g/mol. The van der Waals surface area contributed by atoms with Crippen LogP contribution in [0.5, 0.6) is 0 Å². The second kappa shape index (κ2) is 10.2. The van der Waals surface area contributed by atoms with Crippen LogP contribution in [0.1, 0.15) is 95.3 Å². The van der Waals surface area contributed by atoms with Gasteiger partial charge in [-0.25, -0.2) is 0 Å². The molecule has 1 aromatic rings. The second-order valence-electron chi connectivity index (χ2n) is 13.4. The van der Waals surface area contributed by atoms with E-state index in [0.29, 0.717) is 46.1 Å². The number of hydrogen-bond acceptors (Lipinski definition) is 3. The number of fused-ring (bicyclic) bond motifs is 5. The number of aliphatic hydroxyl groups is 1. The summed E-state index contributed by atoms with van der Waals surface area (Å²) < 4.78 is 0. The largest absolute Gasteiger partial charge is 0.481 e. The Bertz CT molecular complexity index is 1010. The van der Waals surface area contributed by atoms with Gasteiger partial charge in [-0.15, -0.1) is 0 Å². The molecule has 0 heterocycles. The maximum atomic E-state index is 13.4. The molecule has 0 unspecified atom stereocenters. The third-order valence-corrected chi connectivity index (χ3v) is 11.9. The number of aliphatic carboxylic acids is 1. The number of nitrogens with one attached hydrogen (secondary N) is 1. The highest BCUT2D eigenvalue weighted by Gasteiger charge is 2.63.